The lowest BCUT2D eigenvalue weighted by molar-refractivity contribution is -0.235. The van der Waals surface area contributed by atoms with Gasteiger partial charge in [0, 0.05) is 5.92 Å². The molecule has 1 saturated carbocycles. The van der Waals surface area contributed by atoms with Gasteiger partial charge >= 0.3 is 0 Å². The maximum atomic E-state index is 5.90. The van der Waals surface area contributed by atoms with E-state index in [1.807, 2.05) is 0 Å². The van der Waals surface area contributed by atoms with Gasteiger partial charge in [-0.2, -0.15) is 0 Å². The Balaban J connectivity index is 1.75. The average Bonchev–Trinajstić information content (AvgIpc) is 2.30. The van der Waals surface area contributed by atoms with Crippen molar-refractivity contribution in [3.05, 3.63) is 0 Å². The zero-order chi connectivity index (χ0) is 11.4. The Morgan fingerprint density at radius 3 is 2.44 bits per heavy atom. The Morgan fingerprint density at radius 1 is 1.06 bits per heavy atom. The van der Waals surface area contributed by atoms with Crippen LogP contribution in [-0.4, -0.2) is 19.0 Å². The molecular formula is C14H26O2. The summed E-state index contributed by atoms with van der Waals surface area (Å²) in [7, 11) is 0. The minimum atomic E-state index is 0.103. The standard InChI is InChI=1S/C14H26O2/c1-3-4-12-5-7-13(8-6-12)14-15-10-9-11(2)16-14/h11-14H,3-10H2,1-2H3/t11-,12?,13?,14-/m0/s1. The predicted octanol–water partition coefficient (Wildman–Crippen LogP) is 3.74. The molecule has 94 valence electrons. The summed E-state index contributed by atoms with van der Waals surface area (Å²) in [5.41, 5.74) is 0. The lowest BCUT2D eigenvalue weighted by Gasteiger charge is -2.37. The van der Waals surface area contributed by atoms with Crippen LogP contribution in [0.4, 0.5) is 0 Å². The molecule has 0 spiro atoms. The Hall–Kier alpha value is -0.0800. The molecule has 0 unspecified atom stereocenters. The summed E-state index contributed by atoms with van der Waals surface area (Å²) in [6.07, 6.45) is 9.69. The van der Waals surface area contributed by atoms with Crippen LogP contribution in [0.5, 0.6) is 0 Å². The highest BCUT2D eigenvalue weighted by molar-refractivity contribution is 4.76. The van der Waals surface area contributed by atoms with Gasteiger partial charge in [-0.05, 0) is 44.9 Å². The Labute approximate surface area is 99.7 Å². The normalized spacial score (nSPS) is 40.9. The van der Waals surface area contributed by atoms with Crippen LogP contribution < -0.4 is 0 Å². The van der Waals surface area contributed by atoms with E-state index in [1.54, 1.807) is 0 Å². The Bertz CT molecular complexity index is 197. The van der Waals surface area contributed by atoms with Gasteiger partial charge in [0.1, 0.15) is 0 Å². The molecule has 2 nitrogen and oxygen atoms in total. The van der Waals surface area contributed by atoms with Gasteiger partial charge in [-0.1, -0.05) is 19.8 Å². The maximum absolute atomic E-state index is 5.90. The molecule has 0 aromatic rings. The number of rotatable bonds is 3. The van der Waals surface area contributed by atoms with Crippen LogP contribution in [-0.2, 0) is 9.47 Å². The van der Waals surface area contributed by atoms with Crippen molar-refractivity contribution in [3.8, 4) is 0 Å². The van der Waals surface area contributed by atoms with Crippen molar-refractivity contribution in [2.45, 2.75) is 71.2 Å². The third-order valence-electron chi connectivity index (χ3n) is 4.15. The second-order valence-electron chi connectivity index (χ2n) is 5.54. The summed E-state index contributed by atoms with van der Waals surface area (Å²) < 4.78 is 11.7. The molecule has 16 heavy (non-hydrogen) atoms. The summed E-state index contributed by atoms with van der Waals surface area (Å²) in [6, 6.07) is 0. The molecule has 1 saturated heterocycles. The molecule has 0 aromatic carbocycles. The molecule has 2 heteroatoms. The topological polar surface area (TPSA) is 18.5 Å². The van der Waals surface area contributed by atoms with Crippen molar-refractivity contribution < 1.29 is 9.47 Å². The number of hydrogen-bond donors (Lipinski definition) is 0. The van der Waals surface area contributed by atoms with Crippen LogP contribution >= 0.6 is 0 Å². The average molecular weight is 226 g/mol. The molecule has 2 rings (SSSR count). The minimum Gasteiger partial charge on any atom is -0.352 e. The van der Waals surface area contributed by atoms with E-state index in [4.69, 9.17) is 9.47 Å². The van der Waals surface area contributed by atoms with E-state index in [-0.39, 0.29) is 6.29 Å². The Kier molecular flexibility index (Phi) is 4.66. The van der Waals surface area contributed by atoms with E-state index < -0.39 is 0 Å². The fraction of sp³-hybridized carbons (Fsp3) is 1.00. The molecule has 2 aliphatic rings. The van der Waals surface area contributed by atoms with Crippen molar-refractivity contribution in [1.82, 2.24) is 0 Å². The highest BCUT2D eigenvalue weighted by Gasteiger charge is 2.31. The summed E-state index contributed by atoms with van der Waals surface area (Å²) >= 11 is 0. The van der Waals surface area contributed by atoms with Gasteiger partial charge in [0.05, 0.1) is 12.7 Å². The predicted molar refractivity (Wildman–Crippen MR) is 65.3 cm³/mol. The first kappa shape index (κ1) is 12.4. The zero-order valence-corrected chi connectivity index (χ0v) is 10.8. The number of hydrogen-bond acceptors (Lipinski definition) is 2. The van der Waals surface area contributed by atoms with Crippen LogP contribution in [0, 0.1) is 11.8 Å². The fourth-order valence-electron chi connectivity index (χ4n) is 3.09. The summed E-state index contributed by atoms with van der Waals surface area (Å²) in [6.45, 7) is 5.35. The number of ether oxygens (including phenoxy) is 2. The molecule has 1 aliphatic heterocycles. The monoisotopic (exact) mass is 226 g/mol. The van der Waals surface area contributed by atoms with Crippen LogP contribution in [0.25, 0.3) is 0 Å². The van der Waals surface area contributed by atoms with E-state index in [0.717, 1.165) is 18.9 Å². The van der Waals surface area contributed by atoms with Crippen molar-refractivity contribution in [3.63, 3.8) is 0 Å². The first-order valence-corrected chi connectivity index (χ1v) is 7.06. The lowest BCUT2D eigenvalue weighted by Crippen LogP contribution is -2.37. The summed E-state index contributed by atoms with van der Waals surface area (Å²) in [5.74, 6) is 1.64. The van der Waals surface area contributed by atoms with E-state index >= 15 is 0 Å². The van der Waals surface area contributed by atoms with Gasteiger partial charge in [-0.15, -0.1) is 0 Å². The van der Waals surface area contributed by atoms with Gasteiger partial charge < -0.3 is 9.47 Å². The molecule has 0 bridgehead atoms. The summed E-state index contributed by atoms with van der Waals surface area (Å²) in [4.78, 5) is 0. The highest BCUT2D eigenvalue weighted by Crippen LogP contribution is 2.35. The van der Waals surface area contributed by atoms with Crippen molar-refractivity contribution >= 4 is 0 Å². The first-order valence-electron chi connectivity index (χ1n) is 7.06. The third-order valence-corrected chi connectivity index (χ3v) is 4.15. The third kappa shape index (κ3) is 3.21. The molecule has 2 fully saturated rings. The molecule has 1 heterocycles. The van der Waals surface area contributed by atoms with Gasteiger partial charge in [-0.25, -0.2) is 0 Å². The molecular weight excluding hydrogens is 200 g/mol. The molecule has 0 radical (unpaired) electrons. The molecule has 2 atom stereocenters. The van der Waals surface area contributed by atoms with Crippen LogP contribution in [0.3, 0.4) is 0 Å². The Morgan fingerprint density at radius 2 is 1.81 bits per heavy atom. The van der Waals surface area contributed by atoms with Gasteiger partial charge in [0.15, 0.2) is 6.29 Å². The smallest absolute Gasteiger partial charge is 0.160 e. The van der Waals surface area contributed by atoms with Gasteiger partial charge in [0.2, 0.25) is 0 Å². The largest absolute Gasteiger partial charge is 0.352 e. The van der Waals surface area contributed by atoms with E-state index in [9.17, 15) is 0 Å². The summed E-state index contributed by atoms with van der Waals surface area (Å²) in [5, 5.41) is 0. The van der Waals surface area contributed by atoms with Crippen LogP contribution in [0.15, 0.2) is 0 Å². The first-order chi connectivity index (χ1) is 7.79. The van der Waals surface area contributed by atoms with E-state index in [2.05, 4.69) is 13.8 Å². The molecule has 0 aromatic heterocycles. The highest BCUT2D eigenvalue weighted by atomic mass is 16.7. The second-order valence-corrected chi connectivity index (χ2v) is 5.54. The fourth-order valence-corrected chi connectivity index (χ4v) is 3.09. The van der Waals surface area contributed by atoms with Crippen LogP contribution in [0.2, 0.25) is 0 Å². The SMILES string of the molecule is CCCC1CCC([C@H]2OCC[C@H](C)O2)CC1. The molecule has 1 aliphatic carbocycles. The lowest BCUT2D eigenvalue weighted by atomic mass is 9.79. The minimum absolute atomic E-state index is 0.103. The van der Waals surface area contributed by atoms with Crippen molar-refractivity contribution in [2.75, 3.05) is 6.61 Å². The maximum Gasteiger partial charge on any atom is 0.160 e. The quantitative estimate of drug-likeness (QED) is 0.729. The molecule has 0 amide bonds. The zero-order valence-electron chi connectivity index (χ0n) is 10.8. The van der Waals surface area contributed by atoms with Gasteiger partial charge in [-0.3, -0.25) is 0 Å². The van der Waals surface area contributed by atoms with E-state index in [1.165, 1.54) is 38.5 Å². The molecule has 0 N–H and O–H groups in total. The van der Waals surface area contributed by atoms with Crippen molar-refractivity contribution in [2.24, 2.45) is 11.8 Å². The second kappa shape index (κ2) is 6.02. The van der Waals surface area contributed by atoms with E-state index in [0.29, 0.717) is 12.0 Å². The van der Waals surface area contributed by atoms with Crippen molar-refractivity contribution in [1.29, 1.82) is 0 Å². The van der Waals surface area contributed by atoms with Crippen LogP contribution in [0.1, 0.15) is 58.8 Å². The van der Waals surface area contributed by atoms with Gasteiger partial charge in [0.25, 0.3) is 0 Å².